The van der Waals surface area contributed by atoms with Gasteiger partial charge in [0.1, 0.15) is 0 Å². The lowest BCUT2D eigenvalue weighted by molar-refractivity contribution is -0.122. The van der Waals surface area contributed by atoms with Crippen molar-refractivity contribution in [2.24, 2.45) is 5.92 Å². The smallest absolute Gasteiger partial charge is 0.286 e. The molecule has 34 heavy (non-hydrogen) atoms. The van der Waals surface area contributed by atoms with Gasteiger partial charge < -0.3 is 20.4 Å². The van der Waals surface area contributed by atoms with Crippen LogP contribution in [0.4, 0.5) is 5.69 Å². The molecule has 9 nitrogen and oxygen atoms in total. The highest BCUT2D eigenvalue weighted by molar-refractivity contribution is 7.15. The lowest BCUT2D eigenvalue weighted by Gasteiger charge is -2.31. The molecule has 0 bridgehead atoms. The number of anilines is 1. The Morgan fingerprint density at radius 3 is 2.38 bits per heavy atom. The minimum Gasteiger partial charge on any atom is -0.355 e. The maximum Gasteiger partial charge on any atom is 0.286 e. The number of rotatable bonds is 8. The van der Waals surface area contributed by atoms with Gasteiger partial charge in [0.15, 0.2) is 0 Å². The molecule has 2 aliphatic rings. The standard InChI is InChI=1S/C24H32N6O3S/c31-20(25-11-16-29-12-5-2-6-13-29)17-18-9-14-30(15-10-18)24(33)23-28-27-22(34-23)21(32)26-19-7-3-1-4-8-19/h1,3-4,7-8,18H,2,5-6,9-17H2,(H,25,31)(H,26,32). The van der Waals surface area contributed by atoms with E-state index in [1.807, 2.05) is 18.2 Å². The summed E-state index contributed by atoms with van der Waals surface area (Å²) in [6.45, 7) is 5.05. The highest BCUT2D eigenvalue weighted by atomic mass is 32.1. The summed E-state index contributed by atoms with van der Waals surface area (Å²) >= 11 is 1.00. The Balaban J connectivity index is 1.18. The molecule has 182 valence electrons. The summed E-state index contributed by atoms with van der Waals surface area (Å²) in [4.78, 5) is 41.7. The molecule has 3 amide bonds. The van der Waals surface area contributed by atoms with Crippen LogP contribution in [0.25, 0.3) is 0 Å². The van der Waals surface area contributed by atoms with Crippen LogP contribution in [0, 0.1) is 5.92 Å². The first-order chi connectivity index (χ1) is 16.6. The molecular formula is C24H32N6O3S. The maximum atomic E-state index is 12.8. The molecule has 2 fully saturated rings. The largest absolute Gasteiger partial charge is 0.355 e. The molecule has 1 aromatic carbocycles. The van der Waals surface area contributed by atoms with Crippen LogP contribution in [0.1, 0.15) is 58.1 Å². The van der Waals surface area contributed by atoms with Gasteiger partial charge in [0.05, 0.1) is 0 Å². The van der Waals surface area contributed by atoms with E-state index in [4.69, 9.17) is 0 Å². The van der Waals surface area contributed by atoms with E-state index in [9.17, 15) is 14.4 Å². The molecule has 0 atom stereocenters. The predicted octanol–water partition coefficient (Wildman–Crippen LogP) is 2.63. The second-order valence-electron chi connectivity index (χ2n) is 8.92. The fourth-order valence-electron chi connectivity index (χ4n) is 4.45. The Kier molecular flexibility index (Phi) is 8.59. The Morgan fingerprint density at radius 2 is 1.65 bits per heavy atom. The summed E-state index contributed by atoms with van der Waals surface area (Å²) in [5.74, 6) is -0.214. The van der Waals surface area contributed by atoms with Crippen LogP contribution >= 0.6 is 11.3 Å². The number of benzene rings is 1. The van der Waals surface area contributed by atoms with E-state index in [1.165, 1.54) is 19.3 Å². The predicted molar refractivity (Wildman–Crippen MR) is 131 cm³/mol. The van der Waals surface area contributed by atoms with E-state index in [1.54, 1.807) is 17.0 Å². The first kappa shape index (κ1) is 24.3. The number of hydrogen-bond acceptors (Lipinski definition) is 7. The molecule has 0 saturated carbocycles. The summed E-state index contributed by atoms with van der Waals surface area (Å²) in [5.41, 5.74) is 0.660. The van der Waals surface area contributed by atoms with Crippen molar-refractivity contribution in [2.75, 3.05) is 44.6 Å². The van der Waals surface area contributed by atoms with Crippen LogP contribution in [-0.4, -0.2) is 77.0 Å². The van der Waals surface area contributed by atoms with Crippen LogP contribution in [0.15, 0.2) is 30.3 Å². The van der Waals surface area contributed by atoms with Crippen molar-refractivity contribution in [3.8, 4) is 0 Å². The Hall–Kier alpha value is -2.85. The van der Waals surface area contributed by atoms with E-state index < -0.39 is 0 Å². The van der Waals surface area contributed by atoms with Gasteiger partial charge in [-0.15, -0.1) is 10.2 Å². The van der Waals surface area contributed by atoms with Crippen LogP contribution in [0.3, 0.4) is 0 Å². The van der Waals surface area contributed by atoms with Gasteiger partial charge in [-0.05, 0) is 56.8 Å². The quantitative estimate of drug-likeness (QED) is 0.597. The number of piperidine rings is 2. The zero-order chi connectivity index (χ0) is 23.8. The van der Waals surface area contributed by atoms with Gasteiger partial charge >= 0.3 is 0 Å². The summed E-state index contributed by atoms with van der Waals surface area (Å²) in [6, 6.07) is 9.08. The fraction of sp³-hybridized carbons (Fsp3) is 0.542. The number of likely N-dealkylation sites (tertiary alicyclic amines) is 2. The SMILES string of the molecule is O=C(CC1CCN(C(=O)c2nnc(C(=O)Nc3ccccc3)s2)CC1)NCCN1CCCCC1. The lowest BCUT2D eigenvalue weighted by Crippen LogP contribution is -2.41. The van der Waals surface area contributed by atoms with E-state index >= 15 is 0 Å². The molecule has 2 aliphatic heterocycles. The number of nitrogens with zero attached hydrogens (tertiary/aromatic N) is 4. The summed E-state index contributed by atoms with van der Waals surface area (Å²) in [5, 5.41) is 14.0. The zero-order valence-corrected chi connectivity index (χ0v) is 20.2. The van der Waals surface area contributed by atoms with Gasteiger partial charge in [-0.2, -0.15) is 0 Å². The molecule has 3 heterocycles. The number of nitrogens with one attached hydrogen (secondary N) is 2. The molecule has 0 unspecified atom stereocenters. The number of amides is 3. The first-order valence-electron chi connectivity index (χ1n) is 12.1. The molecule has 10 heteroatoms. The van der Waals surface area contributed by atoms with Crippen molar-refractivity contribution in [3.05, 3.63) is 40.3 Å². The molecular weight excluding hydrogens is 452 g/mol. The summed E-state index contributed by atoms with van der Waals surface area (Å²) in [7, 11) is 0. The van der Waals surface area contributed by atoms with Crippen molar-refractivity contribution in [1.82, 2.24) is 25.3 Å². The van der Waals surface area contributed by atoms with Crippen molar-refractivity contribution < 1.29 is 14.4 Å². The van der Waals surface area contributed by atoms with Gasteiger partial charge in [-0.25, -0.2) is 0 Å². The molecule has 2 saturated heterocycles. The van der Waals surface area contributed by atoms with Crippen LogP contribution < -0.4 is 10.6 Å². The zero-order valence-electron chi connectivity index (χ0n) is 19.4. The third-order valence-electron chi connectivity index (χ3n) is 6.41. The number of aromatic nitrogens is 2. The van der Waals surface area contributed by atoms with E-state index in [-0.39, 0.29) is 33.7 Å². The van der Waals surface area contributed by atoms with Gasteiger partial charge in [-0.3, -0.25) is 14.4 Å². The van der Waals surface area contributed by atoms with Crippen molar-refractivity contribution in [1.29, 1.82) is 0 Å². The number of carbonyl (C=O) groups excluding carboxylic acids is 3. The Bertz CT molecular complexity index is 968. The third kappa shape index (κ3) is 6.83. The average Bonchev–Trinajstić information content (AvgIpc) is 3.36. The van der Waals surface area contributed by atoms with Gasteiger partial charge in [0.2, 0.25) is 15.9 Å². The normalized spacial score (nSPS) is 17.4. The molecule has 4 rings (SSSR count). The van der Waals surface area contributed by atoms with E-state index in [0.29, 0.717) is 31.7 Å². The second-order valence-corrected chi connectivity index (χ2v) is 9.90. The average molecular weight is 485 g/mol. The van der Waals surface area contributed by atoms with Crippen LogP contribution in [0.2, 0.25) is 0 Å². The van der Waals surface area contributed by atoms with Gasteiger partial charge in [0.25, 0.3) is 11.8 Å². The third-order valence-corrected chi connectivity index (χ3v) is 7.32. The highest BCUT2D eigenvalue weighted by Gasteiger charge is 2.28. The molecule has 1 aromatic heterocycles. The fourth-order valence-corrected chi connectivity index (χ4v) is 5.16. The van der Waals surface area contributed by atoms with Gasteiger partial charge in [-0.1, -0.05) is 36.0 Å². The minimum absolute atomic E-state index is 0.0972. The minimum atomic E-state index is -0.382. The summed E-state index contributed by atoms with van der Waals surface area (Å²) < 4.78 is 0. The highest BCUT2D eigenvalue weighted by Crippen LogP contribution is 2.23. The number of carbonyl (C=O) groups is 3. The molecule has 0 spiro atoms. The van der Waals surface area contributed by atoms with Crippen LogP contribution in [0.5, 0.6) is 0 Å². The molecule has 2 aromatic rings. The van der Waals surface area contributed by atoms with Crippen molar-refractivity contribution in [2.45, 2.75) is 38.5 Å². The van der Waals surface area contributed by atoms with E-state index in [0.717, 1.165) is 43.8 Å². The topological polar surface area (TPSA) is 108 Å². The molecule has 0 radical (unpaired) electrons. The monoisotopic (exact) mass is 484 g/mol. The van der Waals surface area contributed by atoms with Gasteiger partial charge in [0, 0.05) is 38.3 Å². The van der Waals surface area contributed by atoms with Crippen molar-refractivity contribution in [3.63, 3.8) is 0 Å². The first-order valence-corrected chi connectivity index (χ1v) is 12.9. The molecule has 2 N–H and O–H groups in total. The number of para-hydroxylation sites is 1. The van der Waals surface area contributed by atoms with Crippen LogP contribution in [-0.2, 0) is 4.79 Å². The number of hydrogen-bond donors (Lipinski definition) is 2. The lowest BCUT2D eigenvalue weighted by atomic mass is 9.93. The Morgan fingerprint density at radius 1 is 0.941 bits per heavy atom. The second kappa shape index (κ2) is 12.0. The molecule has 0 aliphatic carbocycles. The summed E-state index contributed by atoms with van der Waals surface area (Å²) in [6.07, 6.45) is 5.89. The maximum absolute atomic E-state index is 12.8. The van der Waals surface area contributed by atoms with Crippen molar-refractivity contribution >= 4 is 34.7 Å². The van der Waals surface area contributed by atoms with E-state index in [2.05, 4.69) is 25.7 Å². The Labute approximate surface area is 203 Å².